The number of para-hydroxylation sites is 1. The SMILES string of the molecule is CC(C)[C@@H](NS(=O)(=O)c1ccc2ccccc2c1)C(=O)NNC(=O)[C@H](C)Oc1ccccc1F. The van der Waals surface area contributed by atoms with Crippen LogP contribution in [-0.2, 0) is 19.6 Å². The number of rotatable bonds is 8. The lowest BCUT2D eigenvalue weighted by Crippen LogP contribution is -2.55. The quantitative estimate of drug-likeness (QED) is 0.423. The molecule has 0 fully saturated rings. The van der Waals surface area contributed by atoms with Crippen LogP contribution in [0, 0.1) is 11.7 Å². The van der Waals surface area contributed by atoms with E-state index in [9.17, 15) is 22.4 Å². The summed E-state index contributed by atoms with van der Waals surface area (Å²) >= 11 is 0. The molecule has 0 aliphatic carbocycles. The zero-order chi connectivity index (χ0) is 24.9. The standard InChI is InChI=1S/C24H26FN3O5S/c1-15(2)22(28-34(31,32)19-13-12-17-8-4-5-9-18(17)14-19)24(30)27-26-23(29)16(3)33-21-11-7-6-10-20(21)25/h4-16,22,28H,1-3H3,(H,26,29)(H,27,30)/t16-,22+/m0/s1. The molecule has 0 aliphatic rings. The molecule has 34 heavy (non-hydrogen) atoms. The third-order valence-corrected chi connectivity index (χ3v) is 6.52. The van der Waals surface area contributed by atoms with E-state index in [1.54, 1.807) is 38.1 Å². The molecular weight excluding hydrogens is 461 g/mol. The third kappa shape index (κ3) is 6.09. The van der Waals surface area contributed by atoms with Crippen molar-refractivity contribution in [2.45, 2.75) is 37.8 Å². The minimum atomic E-state index is -4.03. The molecule has 8 nitrogen and oxygen atoms in total. The minimum Gasteiger partial charge on any atom is -0.478 e. The third-order valence-electron chi connectivity index (χ3n) is 5.08. The van der Waals surface area contributed by atoms with Crippen LogP contribution in [0.4, 0.5) is 4.39 Å². The van der Waals surface area contributed by atoms with Crippen LogP contribution in [0.2, 0.25) is 0 Å². The number of carbonyl (C=O) groups excluding carboxylic acids is 2. The lowest BCUT2D eigenvalue weighted by atomic mass is 10.1. The maximum Gasteiger partial charge on any atom is 0.279 e. The van der Waals surface area contributed by atoms with Crippen molar-refractivity contribution in [3.05, 3.63) is 72.5 Å². The summed E-state index contributed by atoms with van der Waals surface area (Å²) in [4.78, 5) is 25.0. The smallest absolute Gasteiger partial charge is 0.279 e. The van der Waals surface area contributed by atoms with Crippen molar-refractivity contribution >= 4 is 32.6 Å². The van der Waals surface area contributed by atoms with E-state index in [-0.39, 0.29) is 10.6 Å². The molecule has 0 bridgehead atoms. The van der Waals surface area contributed by atoms with E-state index in [0.717, 1.165) is 10.8 Å². The van der Waals surface area contributed by atoms with Gasteiger partial charge in [-0.3, -0.25) is 20.4 Å². The van der Waals surface area contributed by atoms with Crippen LogP contribution in [0.3, 0.4) is 0 Å². The average molecular weight is 488 g/mol. The molecule has 3 N–H and O–H groups in total. The Morgan fingerprint density at radius 1 is 0.853 bits per heavy atom. The maximum absolute atomic E-state index is 13.7. The number of amides is 2. The Labute approximate surface area is 197 Å². The van der Waals surface area contributed by atoms with Crippen LogP contribution in [-0.4, -0.2) is 32.4 Å². The van der Waals surface area contributed by atoms with Gasteiger partial charge in [0.15, 0.2) is 17.7 Å². The Balaban J connectivity index is 1.65. The number of benzene rings is 3. The molecule has 2 atom stereocenters. The Morgan fingerprint density at radius 3 is 2.15 bits per heavy atom. The Hall–Kier alpha value is -3.50. The molecule has 180 valence electrons. The van der Waals surface area contributed by atoms with Gasteiger partial charge in [-0.1, -0.05) is 56.3 Å². The fraction of sp³-hybridized carbons (Fsp3) is 0.250. The molecule has 3 rings (SSSR count). The molecule has 0 aliphatic heterocycles. The van der Waals surface area contributed by atoms with Crippen molar-refractivity contribution in [2.24, 2.45) is 5.92 Å². The largest absolute Gasteiger partial charge is 0.478 e. The number of hydrazine groups is 1. The van der Waals surface area contributed by atoms with Crippen LogP contribution in [0.15, 0.2) is 71.6 Å². The molecule has 2 amide bonds. The summed E-state index contributed by atoms with van der Waals surface area (Å²) in [6.07, 6.45) is -1.12. The summed E-state index contributed by atoms with van der Waals surface area (Å²) in [7, 11) is -4.03. The van der Waals surface area contributed by atoms with E-state index < -0.39 is 45.7 Å². The van der Waals surface area contributed by atoms with Crippen LogP contribution in [0.5, 0.6) is 5.75 Å². The molecule has 0 spiro atoms. The molecule has 0 heterocycles. The molecule has 3 aromatic rings. The first-order chi connectivity index (χ1) is 16.1. The van der Waals surface area contributed by atoms with Crippen molar-refractivity contribution in [3.63, 3.8) is 0 Å². The highest BCUT2D eigenvalue weighted by atomic mass is 32.2. The topological polar surface area (TPSA) is 114 Å². The molecule has 0 aromatic heterocycles. The van der Waals surface area contributed by atoms with Crippen molar-refractivity contribution in [1.29, 1.82) is 0 Å². The van der Waals surface area contributed by atoms with Gasteiger partial charge in [-0.15, -0.1) is 0 Å². The van der Waals surface area contributed by atoms with Gasteiger partial charge in [-0.05, 0) is 47.9 Å². The summed E-state index contributed by atoms with van der Waals surface area (Å²) in [6, 6.07) is 16.4. The molecule has 0 radical (unpaired) electrons. The number of halogens is 1. The Kier molecular flexibility index (Phi) is 7.85. The molecule has 10 heteroatoms. The van der Waals surface area contributed by atoms with Crippen molar-refractivity contribution in [3.8, 4) is 5.75 Å². The fourth-order valence-electron chi connectivity index (χ4n) is 3.15. The number of fused-ring (bicyclic) bond motifs is 1. The number of sulfonamides is 1. The summed E-state index contributed by atoms with van der Waals surface area (Å²) in [5.41, 5.74) is 4.40. The second kappa shape index (κ2) is 10.6. The van der Waals surface area contributed by atoms with Crippen molar-refractivity contribution < 1.29 is 27.1 Å². The summed E-state index contributed by atoms with van der Waals surface area (Å²) in [5.74, 6) is -2.67. The lowest BCUT2D eigenvalue weighted by molar-refractivity contribution is -0.133. The molecule has 0 saturated carbocycles. The van der Waals surface area contributed by atoms with E-state index in [1.165, 1.54) is 37.3 Å². The second-order valence-electron chi connectivity index (χ2n) is 8.02. The number of ether oxygens (including phenoxy) is 1. The first-order valence-electron chi connectivity index (χ1n) is 10.6. The van der Waals surface area contributed by atoms with Gasteiger partial charge in [0.1, 0.15) is 6.04 Å². The molecule has 0 unspecified atom stereocenters. The zero-order valence-electron chi connectivity index (χ0n) is 18.9. The number of hydrogen-bond acceptors (Lipinski definition) is 5. The number of carbonyl (C=O) groups is 2. The average Bonchev–Trinajstić information content (AvgIpc) is 2.81. The van der Waals surface area contributed by atoms with Crippen LogP contribution in [0.25, 0.3) is 10.8 Å². The van der Waals surface area contributed by atoms with Gasteiger partial charge in [-0.2, -0.15) is 4.72 Å². The van der Waals surface area contributed by atoms with Gasteiger partial charge in [-0.25, -0.2) is 12.8 Å². The Bertz CT molecular complexity index is 1300. The normalized spacial score (nSPS) is 13.3. The van der Waals surface area contributed by atoms with Gasteiger partial charge in [0.2, 0.25) is 10.0 Å². The van der Waals surface area contributed by atoms with Crippen LogP contribution in [0.1, 0.15) is 20.8 Å². The van der Waals surface area contributed by atoms with E-state index in [0.29, 0.717) is 0 Å². The number of hydrogen-bond donors (Lipinski definition) is 3. The fourth-order valence-corrected chi connectivity index (χ4v) is 4.53. The first kappa shape index (κ1) is 25.1. The van der Waals surface area contributed by atoms with Crippen LogP contribution < -0.4 is 20.3 Å². The minimum absolute atomic E-state index is 0.0144. The monoisotopic (exact) mass is 487 g/mol. The zero-order valence-corrected chi connectivity index (χ0v) is 19.7. The second-order valence-corrected chi connectivity index (χ2v) is 9.73. The van der Waals surface area contributed by atoms with E-state index >= 15 is 0 Å². The summed E-state index contributed by atoms with van der Waals surface area (Å²) < 4.78 is 47.3. The lowest BCUT2D eigenvalue weighted by Gasteiger charge is -2.22. The summed E-state index contributed by atoms with van der Waals surface area (Å²) in [6.45, 7) is 4.72. The van der Waals surface area contributed by atoms with Crippen molar-refractivity contribution in [1.82, 2.24) is 15.6 Å². The van der Waals surface area contributed by atoms with E-state index in [2.05, 4.69) is 15.6 Å². The predicted octanol–water partition coefficient (Wildman–Crippen LogP) is 2.90. The summed E-state index contributed by atoms with van der Waals surface area (Å²) in [5, 5.41) is 1.63. The van der Waals surface area contributed by atoms with Gasteiger partial charge in [0.05, 0.1) is 4.90 Å². The van der Waals surface area contributed by atoms with Gasteiger partial charge in [0, 0.05) is 0 Å². The molecular formula is C24H26FN3O5S. The highest BCUT2D eigenvalue weighted by Gasteiger charge is 2.29. The molecule has 0 saturated heterocycles. The van der Waals surface area contributed by atoms with E-state index in [1.807, 2.05) is 12.1 Å². The van der Waals surface area contributed by atoms with Gasteiger partial charge in [0.25, 0.3) is 11.8 Å². The predicted molar refractivity (Wildman–Crippen MR) is 126 cm³/mol. The number of nitrogens with one attached hydrogen (secondary N) is 3. The van der Waals surface area contributed by atoms with Gasteiger partial charge < -0.3 is 4.74 Å². The highest BCUT2D eigenvalue weighted by molar-refractivity contribution is 7.89. The maximum atomic E-state index is 13.7. The van der Waals surface area contributed by atoms with E-state index in [4.69, 9.17) is 4.74 Å². The highest BCUT2D eigenvalue weighted by Crippen LogP contribution is 2.20. The Morgan fingerprint density at radius 2 is 1.47 bits per heavy atom. The van der Waals surface area contributed by atoms with Crippen LogP contribution >= 0.6 is 0 Å². The molecule has 3 aromatic carbocycles. The van der Waals surface area contributed by atoms with Gasteiger partial charge >= 0.3 is 0 Å². The first-order valence-corrected chi connectivity index (χ1v) is 12.1. The van der Waals surface area contributed by atoms with Crippen molar-refractivity contribution in [2.75, 3.05) is 0 Å².